The van der Waals surface area contributed by atoms with Crippen LogP contribution in [0.3, 0.4) is 0 Å². The molecule has 1 heterocycles. The zero-order chi connectivity index (χ0) is 18.1. The molecule has 0 aliphatic carbocycles. The second-order valence-electron chi connectivity index (χ2n) is 6.73. The number of ether oxygens (including phenoxy) is 1. The number of hydrogen-bond donors (Lipinski definition) is 1. The van der Waals surface area contributed by atoms with E-state index in [1.807, 2.05) is 30.3 Å². The molecule has 0 fully saturated rings. The third kappa shape index (κ3) is 3.06. The first-order valence-corrected chi connectivity index (χ1v) is 9.14. The smallest absolute Gasteiger partial charge is 0.121 e. The van der Waals surface area contributed by atoms with Gasteiger partial charge in [0.2, 0.25) is 0 Å². The van der Waals surface area contributed by atoms with Crippen molar-refractivity contribution in [3.63, 3.8) is 0 Å². The number of benzene rings is 4. The molecule has 1 N–H and O–H groups in total. The molecule has 5 aromatic rings. The SMILES string of the molecule is c1ccc(COc2ccc3c(c2)[nH]c2cc(-c4ccccc4)ccc23)cc1. The lowest BCUT2D eigenvalue weighted by Crippen LogP contribution is -1.94. The van der Waals surface area contributed by atoms with Gasteiger partial charge in [0.1, 0.15) is 12.4 Å². The number of rotatable bonds is 4. The highest BCUT2D eigenvalue weighted by atomic mass is 16.5. The van der Waals surface area contributed by atoms with Gasteiger partial charge >= 0.3 is 0 Å². The minimum absolute atomic E-state index is 0.574. The Morgan fingerprint density at radius 2 is 1.26 bits per heavy atom. The van der Waals surface area contributed by atoms with E-state index in [-0.39, 0.29) is 0 Å². The standard InChI is InChI=1S/C25H19NO/c1-3-7-18(8-4-1)17-27-21-12-14-23-22-13-11-20(19-9-5-2-6-10-19)15-24(22)26-25(23)16-21/h1-16,26H,17H2. The van der Waals surface area contributed by atoms with Gasteiger partial charge in [0.15, 0.2) is 0 Å². The van der Waals surface area contributed by atoms with Crippen LogP contribution in [-0.2, 0) is 6.61 Å². The van der Waals surface area contributed by atoms with Crippen LogP contribution in [0.5, 0.6) is 5.75 Å². The number of nitrogens with one attached hydrogen (secondary N) is 1. The average Bonchev–Trinajstić information content (AvgIpc) is 3.10. The molecule has 2 heteroatoms. The first-order valence-electron chi connectivity index (χ1n) is 9.14. The average molecular weight is 349 g/mol. The summed E-state index contributed by atoms with van der Waals surface area (Å²) in [7, 11) is 0. The summed E-state index contributed by atoms with van der Waals surface area (Å²) in [5.74, 6) is 0.876. The molecule has 0 atom stereocenters. The highest BCUT2D eigenvalue weighted by Crippen LogP contribution is 2.31. The molecular weight excluding hydrogens is 330 g/mol. The molecule has 130 valence electrons. The van der Waals surface area contributed by atoms with Gasteiger partial charge in [-0.25, -0.2) is 0 Å². The summed E-state index contributed by atoms with van der Waals surface area (Å²) in [6, 6.07) is 33.6. The molecule has 0 saturated heterocycles. The molecule has 1 aromatic heterocycles. The van der Waals surface area contributed by atoms with E-state index in [2.05, 4.69) is 71.7 Å². The maximum Gasteiger partial charge on any atom is 0.121 e. The molecule has 0 amide bonds. The van der Waals surface area contributed by atoms with Crippen molar-refractivity contribution in [3.8, 4) is 16.9 Å². The van der Waals surface area contributed by atoms with Crippen molar-refractivity contribution < 1.29 is 4.74 Å². The number of fused-ring (bicyclic) bond motifs is 3. The van der Waals surface area contributed by atoms with Crippen molar-refractivity contribution in [2.75, 3.05) is 0 Å². The third-order valence-electron chi connectivity index (χ3n) is 4.93. The molecule has 2 nitrogen and oxygen atoms in total. The van der Waals surface area contributed by atoms with Gasteiger partial charge in [-0.15, -0.1) is 0 Å². The zero-order valence-corrected chi connectivity index (χ0v) is 14.9. The lowest BCUT2D eigenvalue weighted by atomic mass is 10.0. The fourth-order valence-electron chi connectivity index (χ4n) is 3.53. The minimum atomic E-state index is 0.574. The highest BCUT2D eigenvalue weighted by molar-refractivity contribution is 6.08. The summed E-state index contributed by atoms with van der Waals surface area (Å²) in [6.45, 7) is 0.574. The predicted molar refractivity (Wildman–Crippen MR) is 112 cm³/mol. The van der Waals surface area contributed by atoms with E-state index in [9.17, 15) is 0 Å². The summed E-state index contributed by atoms with van der Waals surface area (Å²) in [4.78, 5) is 3.55. The number of aromatic amines is 1. The molecule has 27 heavy (non-hydrogen) atoms. The van der Waals surface area contributed by atoms with E-state index in [4.69, 9.17) is 4.74 Å². The van der Waals surface area contributed by atoms with Crippen LogP contribution in [0.15, 0.2) is 97.1 Å². The quantitative estimate of drug-likeness (QED) is 0.390. The highest BCUT2D eigenvalue weighted by Gasteiger charge is 2.07. The van der Waals surface area contributed by atoms with Gasteiger partial charge < -0.3 is 9.72 Å². The van der Waals surface area contributed by atoms with Gasteiger partial charge in [0, 0.05) is 22.4 Å². The van der Waals surface area contributed by atoms with Crippen LogP contribution in [0.1, 0.15) is 5.56 Å². The Morgan fingerprint density at radius 1 is 0.593 bits per heavy atom. The van der Waals surface area contributed by atoms with Gasteiger partial charge in [-0.1, -0.05) is 72.8 Å². The molecule has 0 spiro atoms. The molecule has 0 saturated carbocycles. The van der Waals surface area contributed by atoms with E-state index < -0.39 is 0 Å². The van der Waals surface area contributed by atoms with E-state index in [0.717, 1.165) is 16.8 Å². The van der Waals surface area contributed by atoms with Gasteiger partial charge in [-0.3, -0.25) is 0 Å². The van der Waals surface area contributed by atoms with Crippen molar-refractivity contribution in [2.24, 2.45) is 0 Å². The monoisotopic (exact) mass is 349 g/mol. The summed E-state index contributed by atoms with van der Waals surface area (Å²) >= 11 is 0. The van der Waals surface area contributed by atoms with Crippen LogP contribution in [0.25, 0.3) is 32.9 Å². The van der Waals surface area contributed by atoms with Gasteiger partial charge in [-0.05, 0) is 34.9 Å². The molecule has 0 bridgehead atoms. The summed E-state index contributed by atoms with van der Waals surface area (Å²) in [5, 5.41) is 2.45. The molecule has 0 aliphatic rings. The molecule has 0 radical (unpaired) electrons. The molecule has 4 aromatic carbocycles. The Morgan fingerprint density at radius 3 is 2.04 bits per heavy atom. The Balaban J connectivity index is 1.48. The molecule has 0 aliphatic heterocycles. The summed E-state index contributed by atoms with van der Waals surface area (Å²) < 4.78 is 5.97. The molecular formula is C25H19NO. The van der Waals surface area contributed by atoms with Crippen LogP contribution in [0, 0.1) is 0 Å². The van der Waals surface area contributed by atoms with Crippen LogP contribution >= 0.6 is 0 Å². The Labute approximate surface area is 158 Å². The number of H-pyrrole nitrogens is 1. The Hall–Kier alpha value is -3.52. The van der Waals surface area contributed by atoms with Crippen molar-refractivity contribution >= 4 is 21.8 Å². The normalized spacial score (nSPS) is 11.1. The largest absolute Gasteiger partial charge is 0.489 e. The van der Waals surface area contributed by atoms with Gasteiger partial charge in [-0.2, -0.15) is 0 Å². The van der Waals surface area contributed by atoms with Gasteiger partial charge in [0.25, 0.3) is 0 Å². The fraction of sp³-hybridized carbons (Fsp3) is 0.0400. The van der Waals surface area contributed by atoms with Gasteiger partial charge in [0.05, 0.1) is 5.52 Å². The van der Waals surface area contributed by atoms with E-state index >= 15 is 0 Å². The topological polar surface area (TPSA) is 25.0 Å². The lowest BCUT2D eigenvalue weighted by Gasteiger charge is -2.06. The minimum Gasteiger partial charge on any atom is -0.489 e. The van der Waals surface area contributed by atoms with Crippen LogP contribution in [-0.4, -0.2) is 4.98 Å². The summed E-state index contributed by atoms with van der Waals surface area (Å²) in [6.07, 6.45) is 0. The van der Waals surface area contributed by atoms with Crippen LogP contribution in [0.4, 0.5) is 0 Å². The van der Waals surface area contributed by atoms with E-state index in [1.54, 1.807) is 0 Å². The fourth-order valence-corrected chi connectivity index (χ4v) is 3.53. The van der Waals surface area contributed by atoms with E-state index in [1.165, 1.54) is 27.5 Å². The second-order valence-corrected chi connectivity index (χ2v) is 6.73. The summed E-state index contributed by atoms with van der Waals surface area (Å²) in [5.41, 5.74) is 5.86. The van der Waals surface area contributed by atoms with Crippen molar-refractivity contribution in [2.45, 2.75) is 6.61 Å². The number of hydrogen-bond acceptors (Lipinski definition) is 1. The predicted octanol–water partition coefficient (Wildman–Crippen LogP) is 6.57. The molecule has 5 rings (SSSR count). The number of aromatic nitrogens is 1. The Bertz CT molecular complexity index is 1210. The molecule has 0 unspecified atom stereocenters. The van der Waals surface area contributed by atoms with E-state index in [0.29, 0.717) is 6.61 Å². The van der Waals surface area contributed by atoms with Crippen molar-refractivity contribution in [3.05, 3.63) is 103 Å². The van der Waals surface area contributed by atoms with Crippen molar-refractivity contribution in [1.29, 1.82) is 0 Å². The van der Waals surface area contributed by atoms with Crippen LogP contribution < -0.4 is 4.74 Å². The van der Waals surface area contributed by atoms with Crippen molar-refractivity contribution in [1.82, 2.24) is 4.98 Å². The second kappa shape index (κ2) is 6.65. The third-order valence-corrected chi connectivity index (χ3v) is 4.93. The maximum absolute atomic E-state index is 5.97. The maximum atomic E-state index is 5.97. The first kappa shape index (κ1) is 15.7. The first-order chi connectivity index (χ1) is 13.4. The lowest BCUT2D eigenvalue weighted by molar-refractivity contribution is 0.306. The van der Waals surface area contributed by atoms with Crippen LogP contribution in [0.2, 0.25) is 0 Å². The zero-order valence-electron chi connectivity index (χ0n) is 14.9. The Kier molecular flexibility index (Phi) is 3.87.